The van der Waals surface area contributed by atoms with Gasteiger partial charge >= 0.3 is 13.3 Å². The maximum Gasteiger partial charge on any atom is 0.451 e. The smallest absolute Gasteiger partial charge is 0.427 e. The molecule has 4 N–H and O–H groups in total. The first kappa shape index (κ1) is 23.5. The van der Waals surface area contributed by atoms with E-state index in [2.05, 4.69) is 35.2 Å². The Bertz CT molecular complexity index is 516. The number of nitrogens with two attached hydrogens (primary N) is 1. The van der Waals surface area contributed by atoms with Crippen LogP contribution in [0.3, 0.4) is 0 Å². The zero-order valence-electron chi connectivity index (χ0n) is 16.1. The summed E-state index contributed by atoms with van der Waals surface area (Å²) in [6.45, 7) is 3.49. The predicted octanol–water partition coefficient (Wildman–Crippen LogP) is 1.72. The lowest BCUT2D eigenvalue weighted by atomic mass is 9.83. The van der Waals surface area contributed by atoms with Crippen LogP contribution in [0.5, 0.6) is 0 Å². The monoisotopic (exact) mass is 376 g/mol. The van der Waals surface area contributed by atoms with E-state index in [1.165, 1.54) is 37.9 Å². The molecule has 7 heteroatoms. The molecule has 1 unspecified atom stereocenters. The van der Waals surface area contributed by atoms with Gasteiger partial charge in [0.2, 0.25) is 0 Å². The van der Waals surface area contributed by atoms with E-state index >= 15 is 0 Å². The zero-order chi connectivity index (χ0) is 19.9. The molecule has 1 saturated heterocycles. The van der Waals surface area contributed by atoms with E-state index in [1.807, 2.05) is 0 Å². The first-order valence-corrected chi connectivity index (χ1v) is 9.92. The minimum Gasteiger partial charge on any atom is -0.427 e. The van der Waals surface area contributed by atoms with Crippen molar-refractivity contribution < 1.29 is 19.6 Å². The van der Waals surface area contributed by atoms with Gasteiger partial charge in [0.25, 0.3) is 0 Å². The first-order valence-electron chi connectivity index (χ1n) is 9.92. The molecule has 1 aliphatic heterocycles. The number of nitrogens with zero attached hydrogens (tertiary/aromatic N) is 1. The molecular formula is C20H33BN2O4. The van der Waals surface area contributed by atoms with Crippen molar-refractivity contribution in [3.63, 3.8) is 0 Å². The normalized spacial score (nSPS) is 16.1. The second-order valence-corrected chi connectivity index (χ2v) is 7.37. The van der Waals surface area contributed by atoms with Gasteiger partial charge in [-0.3, -0.25) is 0 Å². The number of hydrogen-bond acceptors (Lipinski definition) is 6. The Morgan fingerprint density at radius 2 is 1.74 bits per heavy atom. The first-order chi connectivity index (χ1) is 13.0. The van der Waals surface area contributed by atoms with Crippen molar-refractivity contribution >= 4 is 13.3 Å². The molecule has 0 bridgehead atoms. The average molecular weight is 376 g/mol. The van der Waals surface area contributed by atoms with E-state index in [4.69, 9.17) is 25.4 Å². The van der Waals surface area contributed by atoms with E-state index in [0.29, 0.717) is 6.32 Å². The van der Waals surface area contributed by atoms with E-state index in [-0.39, 0.29) is 12.2 Å². The molecule has 0 amide bonds. The fourth-order valence-corrected chi connectivity index (χ4v) is 3.59. The number of rotatable bonds is 10. The standard InChI is InChI=1S/C19H33BN2O2.CO2/c21-19(8-4-5-12-20(23)24)11-15-22-13-9-18(10-14-22)16-17-6-2-1-3-7-17;2-1-3/h1-3,6-7,18-19,23-24H,4-5,8-16,21H2;. The molecule has 1 aromatic rings. The highest BCUT2D eigenvalue weighted by molar-refractivity contribution is 6.40. The van der Waals surface area contributed by atoms with Gasteiger partial charge in [0, 0.05) is 6.04 Å². The molecule has 1 fully saturated rings. The topological polar surface area (TPSA) is 104 Å². The highest BCUT2D eigenvalue weighted by atomic mass is 16.4. The summed E-state index contributed by atoms with van der Waals surface area (Å²) >= 11 is 0. The molecule has 1 atom stereocenters. The minimum absolute atomic E-state index is 0.239. The second-order valence-electron chi connectivity index (χ2n) is 7.37. The lowest BCUT2D eigenvalue weighted by Gasteiger charge is -2.32. The van der Waals surface area contributed by atoms with Crippen molar-refractivity contribution in [3.05, 3.63) is 35.9 Å². The Morgan fingerprint density at radius 3 is 2.33 bits per heavy atom. The Labute approximate surface area is 162 Å². The van der Waals surface area contributed by atoms with Gasteiger partial charge in [-0.05, 0) is 69.5 Å². The Balaban J connectivity index is 0.00000114. The number of carbonyl (C=O) groups excluding carboxylic acids is 2. The molecule has 1 aliphatic rings. The van der Waals surface area contributed by atoms with Crippen molar-refractivity contribution in [2.75, 3.05) is 19.6 Å². The molecule has 0 aliphatic carbocycles. The van der Waals surface area contributed by atoms with Crippen LogP contribution in [0.4, 0.5) is 0 Å². The van der Waals surface area contributed by atoms with Gasteiger partial charge in [0.15, 0.2) is 0 Å². The van der Waals surface area contributed by atoms with Crippen LogP contribution in [0.1, 0.15) is 44.1 Å². The van der Waals surface area contributed by atoms with E-state index < -0.39 is 7.12 Å². The summed E-state index contributed by atoms with van der Waals surface area (Å²) in [6, 6.07) is 11.1. The summed E-state index contributed by atoms with van der Waals surface area (Å²) in [7, 11) is -1.17. The van der Waals surface area contributed by atoms with E-state index in [9.17, 15) is 0 Å². The lowest BCUT2D eigenvalue weighted by molar-refractivity contribution is -0.191. The summed E-state index contributed by atoms with van der Waals surface area (Å²) in [5.74, 6) is 0.822. The molecule has 1 aromatic carbocycles. The van der Waals surface area contributed by atoms with E-state index in [1.54, 1.807) is 0 Å². The summed E-state index contributed by atoms with van der Waals surface area (Å²) < 4.78 is 0. The van der Waals surface area contributed by atoms with Crippen molar-refractivity contribution in [3.8, 4) is 0 Å². The van der Waals surface area contributed by atoms with Crippen molar-refractivity contribution in [1.29, 1.82) is 0 Å². The number of benzene rings is 1. The Hall–Kier alpha value is -1.50. The molecule has 1 heterocycles. The van der Waals surface area contributed by atoms with E-state index in [0.717, 1.165) is 38.1 Å². The van der Waals surface area contributed by atoms with Crippen LogP contribution >= 0.6 is 0 Å². The number of piperidine rings is 1. The molecule has 150 valence electrons. The highest BCUT2D eigenvalue weighted by Gasteiger charge is 2.19. The van der Waals surface area contributed by atoms with Crippen LogP contribution in [0.15, 0.2) is 30.3 Å². The Morgan fingerprint density at radius 1 is 1.11 bits per heavy atom. The van der Waals surface area contributed by atoms with Gasteiger partial charge in [-0.25, -0.2) is 0 Å². The number of likely N-dealkylation sites (tertiary alicyclic amines) is 1. The van der Waals surface area contributed by atoms with Gasteiger partial charge in [0.05, 0.1) is 0 Å². The molecule has 27 heavy (non-hydrogen) atoms. The average Bonchev–Trinajstić information content (AvgIpc) is 2.66. The van der Waals surface area contributed by atoms with Gasteiger partial charge in [0.1, 0.15) is 0 Å². The van der Waals surface area contributed by atoms with Gasteiger partial charge in [-0.15, -0.1) is 0 Å². The van der Waals surface area contributed by atoms with Crippen LogP contribution in [-0.4, -0.2) is 53.9 Å². The number of unbranched alkanes of at least 4 members (excludes halogenated alkanes) is 1. The Kier molecular flexibility index (Phi) is 12.7. The van der Waals surface area contributed by atoms with Gasteiger partial charge < -0.3 is 20.7 Å². The van der Waals surface area contributed by atoms with Crippen molar-refractivity contribution in [1.82, 2.24) is 4.90 Å². The fraction of sp³-hybridized carbons (Fsp3) is 0.650. The lowest BCUT2D eigenvalue weighted by Crippen LogP contribution is -2.37. The highest BCUT2D eigenvalue weighted by Crippen LogP contribution is 2.22. The van der Waals surface area contributed by atoms with Crippen LogP contribution in [0, 0.1) is 5.92 Å². The van der Waals surface area contributed by atoms with Crippen molar-refractivity contribution in [2.24, 2.45) is 11.7 Å². The molecule has 6 nitrogen and oxygen atoms in total. The molecule has 0 radical (unpaired) electrons. The third kappa shape index (κ3) is 11.7. The fourth-order valence-electron chi connectivity index (χ4n) is 3.59. The number of hydrogen-bond donors (Lipinski definition) is 3. The third-order valence-electron chi connectivity index (χ3n) is 5.18. The van der Waals surface area contributed by atoms with Crippen molar-refractivity contribution in [2.45, 2.75) is 57.3 Å². The van der Waals surface area contributed by atoms with Gasteiger partial charge in [-0.2, -0.15) is 9.59 Å². The van der Waals surface area contributed by atoms with Gasteiger partial charge in [-0.1, -0.05) is 43.2 Å². The van der Waals surface area contributed by atoms with Crippen LogP contribution in [-0.2, 0) is 16.0 Å². The quantitative estimate of drug-likeness (QED) is 0.424. The summed E-state index contributed by atoms with van der Waals surface area (Å²) in [5.41, 5.74) is 7.65. The maximum absolute atomic E-state index is 8.82. The molecule has 0 spiro atoms. The molecule has 0 saturated carbocycles. The largest absolute Gasteiger partial charge is 0.451 e. The second kappa shape index (κ2) is 14.5. The maximum atomic E-state index is 8.82. The molecule has 2 rings (SSSR count). The van der Waals surface area contributed by atoms with Crippen LogP contribution < -0.4 is 5.73 Å². The zero-order valence-corrected chi connectivity index (χ0v) is 16.1. The third-order valence-corrected chi connectivity index (χ3v) is 5.18. The van der Waals surface area contributed by atoms with Crippen LogP contribution in [0.25, 0.3) is 0 Å². The predicted molar refractivity (Wildman–Crippen MR) is 106 cm³/mol. The molecule has 0 aromatic heterocycles. The molecular weight excluding hydrogens is 343 g/mol. The summed E-state index contributed by atoms with van der Waals surface area (Å²) in [4.78, 5) is 18.8. The SMILES string of the molecule is NC(CCCCB(O)O)CCN1CCC(Cc2ccccc2)CC1.O=C=O. The summed E-state index contributed by atoms with van der Waals surface area (Å²) in [6.07, 6.45) is 8.36. The summed E-state index contributed by atoms with van der Waals surface area (Å²) in [5, 5.41) is 17.6. The minimum atomic E-state index is -1.17. The van der Waals surface area contributed by atoms with Crippen LogP contribution in [0.2, 0.25) is 6.32 Å².